The molecule has 2 rings (SSSR count). The number of fused-ring (bicyclic) bond motifs is 1. The number of benzene rings is 1. The third-order valence-electron chi connectivity index (χ3n) is 1.94. The van der Waals surface area contributed by atoms with Crippen LogP contribution in [0.5, 0.6) is 0 Å². The van der Waals surface area contributed by atoms with E-state index < -0.39 is 4.92 Å². The summed E-state index contributed by atoms with van der Waals surface area (Å²) in [6.45, 7) is 5.83. The lowest BCUT2D eigenvalue weighted by atomic mass is 10.2. The molecule has 0 fully saturated rings. The number of nitrogens with zero attached hydrogens (tertiary/aromatic N) is 2. The molecule has 80 valence electrons. The van der Waals surface area contributed by atoms with Crippen molar-refractivity contribution in [1.82, 2.24) is 10.2 Å². The number of nitro benzene ring substituents is 1. The largest absolute Gasteiger partial charge is 0.282 e. The van der Waals surface area contributed by atoms with E-state index in [1.54, 1.807) is 6.07 Å². The normalized spacial score (nSPS) is 9.53. The van der Waals surface area contributed by atoms with Gasteiger partial charge in [0.2, 0.25) is 0 Å². The van der Waals surface area contributed by atoms with Gasteiger partial charge in [0.25, 0.3) is 5.69 Å². The van der Waals surface area contributed by atoms with Crippen LogP contribution >= 0.6 is 0 Å². The van der Waals surface area contributed by atoms with Crippen molar-refractivity contribution in [2.75, 3.05) is 0 Å². The molecule has 0 aliphatic rings. The first-order valence-electron chi connectivity index (χ1n) is 4.77. The Hall–Kier alpha value is -1.91. The van der Waals surface area contributed by atoms with Crippen LogP contribution in [0.2, 0.25) is 0 Å². The number of hydrogen-bond donors (Lipinski definition) is 1. The molecule has 2 aromatic rings. The Morgan fingerprint density at radius 2 is 2.07 bits per heavy atom. The van der Waals surface area contributed by atoms with Crippen LogP contribution in [0.15, 0.2) is 18.2 Å². The zero-order chi connectivity index (χ0) is 11.4. The van der Waals surface area contributed by atoms with Gasteiger partial charge in [0.15, 0.2) is 0 Å². The summed E-state index contributed by atoms with van der Waals surface area (Å²) in [6.07, 6.45) is 0. The molecule has 0 aliphatic heterocycles. The van der Waals surface area contributed by atoms with Gasteiger partial charge in [0.05, 0.1) is 10.4 Å². The number of nitro groups is 1. The topological polar surface area (TPSA) is 71.8 Å². The highest BCUT2D eigenvalue weighted by atomic mass is 16.6. The number of aromatic nitrogens is 2. The van der Waals surface area contributed by atoms with Gasteiger partial charge in [0, 0.05) is 23.2 Å². The Labute approximate surface area is 87.3 Å². The van der Waals surface area contributed by atoms with Crippen molar-refractivity contribution < 1.29 is 4.92 Å². The molecule has 0 spiro atoms. The maximum Gasteiger partial charge on any atom is 0.270 e. The van der Waals surface area contributed by atoms with Crippen molar-refractivity contribution in [2.45, 2.75) is 20.8 Å². The summed E-state index contributed by atoms with van der Waals surface area (Å²) in [4.78, 5) is 10.0. The van der Waals surface area contributed by atoms with Crippen LogP contribution in [-0.4, -0.2) is 15.1 Å². The summed E-state index contributed by atoms with van der Waals surface area (Å²) in [7, 11) is 0. The zero-order valence-corrected chi connectivity index (χ0v) is 8.94. The van der Waals surface area contributed by atoms with Crippen LogP contribution in [-0.2, 0) is 0 Å². The van der Waals surface area contributed by atoms with Crippen LogP contribution < -0.4 is 0 Å². The molecule has 1 aromatic heterocycles. The van der Waals surface area contributed by atoms with Gasteiger partial charge in [-0.05, 0) is 13.0 Å². The minimum atomic E-state index is -0.411. The molecule has 0 atom stereocenters. The molecule has 1 N–H and O–H groups in total. The molecule has 0 saturated carbocycles. The summed E-state index contributed by atoms with van der Waals surface area (Å²) < 4.78 is 0. The number of aryl methyl sites for hydroxylation is 1. The molecule has 1 heterocycles. The molecule has 0 amide bonds. The van der Waals surface area contributed by atoms with E-state index >= 15 is 0 Å². The summed E-state index contributed by atoms with van der Waals surface area (Å²) in [6, 6.07) is 4.60. The van der Waals surface area contributed by atoms with E-state index in [9.17, 15) is 10.1 Å². The number of aromatic amines is 1. The first-order chi connectivity index (χ1) is 7.18. The first-order valence-corrected chi connectivity index (χ1v) is 4.77. The molecule has 5 nitrogen and oxygen atoms in total. The third-order valence-corrected chi connectivity index (χ3v) is 1.94. The second kappa shape index (κ2) is 4.54. The van der Waals surface area contributed by atoms with Crippen molar-refractivity contribution in [2.24, 2.45) is 0 Å². The highest BCUT2D eigenvalue weighted by Crippen LogP contribution is 2.20. The number of H-pyrrole nitrogens is 1. The SMILES string of the molecule is CC.Cc1[nH]nc2ccc([N+](=O)[O-])cc12. The fourth-order valence-corrected chi connectivity index (χ4v) is 1.24. The highest BCUT2D eigenvalue weighted by Gasteiger charge is 2.08. The molecule has 1 aromatic carbocycles. The number of nitrogens with one attached hydrogen (secondary N) is 1. The maximum absolute atomic E-state index is 10.5. The van der Waals surface area contributed by atoms with E-state index in [0.29, 0.717) is 0 Å². The second-order valence-corrected chi connectivity index (χ2v) is 2.81. The summed E-state index contributed by atoms with van der Waals surface area (Å²) >= 11 is 0. The summed E-state index contributed by atoms with van der Waals surface area (Å²) in [5, 5.41) is 18.0. The molecule has 0 aliphatic carbocycles. The molecule has 15 heavy (non-hydrogen) atoms. The van der Waals surface area contributed by atoms with Crippen molar-refractivity contribution in [3.05, 3.63) is 34.0 Å². The lowest BCUT2D eigenvalue weighted by Gasteiger charge is -1.90. The van der Waals surface area contributed by atoms with Gasteiger partial charge >= 0.3 is 0 Å². The molecule has 0 bridgehead atoms. The van der Waals surface area contributed by atoms with Crippen molar-refractivity contribution in [3.8, 4) is 0 Å². The standard InChI is InChI=1S/C8H7N3O2.C2H6/c1-5-7-4-6(11(12)13)2-3-8(7)10-9-5;1-2/h2-4H,1H3,(H,9,10);1-2H3. The molecule has 0 radical (unpaired) electrons. The lowest BCUT2D eigenvalue weighted by Crippen LogP contribution is -1.86. The van der Waals surface area contributed by atoms with Crippen LogP contribution in [0.25, 0.3) is 10.9 Å². The van der Waals surface area contributed by atoms with Crippen molar-refractivity contribution in [3.63, 3.8) is 0 Å². The number of non-ortho nitro benzene ring substituents is 1. The molecular formula is C10H13N3O2. The van der Waals surface area contributed by atoms with Crippen molar-refractivity contribution in [1.29, 1.82) is 0 Å². The second-order valence-electron chi connectivity index (χ2n) is 2.81. The summed E-state index contributed by atoms with van der Waals surface area (Å²) in [5.41, 5.74) is 1.69. The first kappa shape index (κ1) is 11.2. The molecule has 5 heteroatoms. The smallest absolute Gasteiger partial charge is 0.270 e. The fraction of sp³-hybridized carbons (Fsp3) is 0.300. The van der Waals surface area contributed by atoms with E-state index in [4.69, 9.17) is 0 Å². The third kappa shape index (κ3) is 2.12. The van der Waals surface area contributed by atoms with E-state index in [0.717, 1.165) is 16.6 Å². The van der Waals surface area contributed by atoms with E-state index in [1.165, 1.54) is 12.1 Å². The zero-order valence-electron chi connectivity index (χ0n) is 8.94. The Balaban J connectivity index is 0.000000531. The van der Waals surface area contributed by atoms with Gasteiger partial charge in [0.1, 0.15) is 0 Å². The van der Waals surface area contributed by atoms with Gasteiger partial charge in [-0.2, -0.15) is 5.10 Å². The van der Waals surface area contributed by atoms with Gasteiger partial charge in [-0.25, -0.2) is 0 Å². The summed E-state index contributed by atoms with van der Waals surface area (Å²) in [5.74, 6) is 0. The van der Waals surface area contributed by atoms with E-state index in [2.05, 4.69) is 10.2 Å². The Bertz CT molecular complexity index is 476. The fourth-order valence-electron chi connectivity index (χ4n) is 1.24. The average Bonchev–Trinajstić information content (AvgIpc) is 2.63. The number of rotatable bonds is 1. The number of hydrogen-bond acceptors (Lipinski definition) is 3. The Kier molecular flexibility index (Phi) is 3.38. The minimum Gasteiger partial charge on any atom is -0.282 e. The Morgan fingerprint density at radius 1 is 1.40 bits per heavy atom. The Morgan fingerprint density at radius 3 is 2.67 bits per heavy atom. The van der Waals surface area contributed by atoms with Crippen LogP contribution in [0, 0.1) is 17.0 Å². The van der Waals surface area contributed by atoms with Gasteiger partial charge in [-0.15, -0.1) is 0 Å². The maximum atomic E-state index is 10.5. The minimum absolute atomic E-state index is 0.0944. The highest BCUT2D eigenvalue weighted by molar-refractivity contribution is 5.83. The van der Waals surface area contributed by atoms with Gasteiger partial charge in [-0.1, -0.05) is 13.8 Å². The molecule has 0 saturated heterocycles. The quantitative estimate of drug-likeness (QED) is 0.577. The molecular weight excluding hydrogens is 194 g/mol. The van der Waals surface area contributed by atoms with Crippen molar-refractivity contribution >= 4 is 16.6 Å². The van der Waals surface area contributed by atoms with Crippen LogP contribution in [0.4, 0.5) is 5.69 Å². The van der Waals surface area contributed by atoms with Crippen LogP contribution in [0.3, 0.4) is 0 Å². The predicted octanol–water partition coefficient (Wildman–Crippen LogP) is 2.81. The van der Waals surface area contributed by atoms with E-state index in [-0.39, 0.29) is 5.69 Å². The lowest BCUT2D eigenvalue weighted by molar-refractivity contribution is -0.384. The van der Waals surface area contributed by atoms with Gasteiger partial charge < -0.3 is 0 Å². The monoisotopic (exact) mass is 207 g/mol. The molecule has 0 unspecified atom stereocenters. The van der Waals surface area contributed by atoms with Crippen LogP contribution in [0.1, 0.15) is 19.5 Å². The van der Waals surface area contributed by atoms with Gasteiger partial charge in [-0.3, -0.25) is 15.2 Å². The average molecular weight is 207 g/mol. The van der Waals surface area contributed by atoms with E-state index in [1.807, 2.05) is 20.8 Å². The predicted molar refractivity (Wildman–Crippen MR) is 58.8 cm³/mol.